The van der Waals surface area contributed by atoms with Crippen LogP contribution in [0.2, 0.25) is 0 Å². The minimum Gasteiger partial charge on any atom is -0.378 e. The van der Waals surface area contributed by atoms with Crippen LogP contribution in [-0.2, 0) is 13.6 Å². The first-order chi connectivity index (χ1) is 10.8. The second kappa shape index (κ2) is 9.24. The zero-order chi connectivity index (χ0) is 17.5. The van der Waals surface area contributed by atoms with Gasteiger partial charge in [0.05, 0.1) is 19.3 Å². The lowest BCUT2D eigenvalue weighted by Gasteiger charge is -2.23. The summed E-state index contributed by atoms with van der Waals surface area (Å²) in [5, 5.41) is 0. The summed E-state index contributed by atoms with van der Waals surface area (Å²) >= 11 is 0. The molecule has 0 aliphatic rings. The zero-order valence-corrected chi connectivity index (χ0v) is 15.9. The van der Waals surface area contributed by atoms with E-state index in [9.17, 15) is 4.57 Å². The van der Waals surface area contributed by atoms with Gasteiger partial charge in [-0.1, -0.05) is 18.2 Å². The Kier molecular flexibility index (Phi) is 8.00. The van der Waals surface area contributed by atoms with Crippen LogP contribution in [0.5, 0.6) is 0 Å². The highest BCUT2D eigenvalue weighted by Crippen LogP contribution is 2.50. The van der Waals surface area contributed by atoms with Crippen molar-refractivity contribution < 1.29 is 13.6 Å². The number of hydrogen-bond acceptors (Lipinski definition) is 5. The van der Waals surface area contributed by atoms with Gasteiger partial charge in [-0.15, -0.1) is 0 Å². The van der Waals surface area contributed by atoms with Gasteiger partial charge in [0, 0.05) is 25.6 Å². The molecule has 0 spiro atoms. The number of likely N-dealkylation sites (N-methyl/N-ethyl adjacent to an activating group) is 1. The number of nitrogens with zero attached hydrogens (tertiary/aromatic N) is 2. The van der Waals surface area contributed by atoms with Gasteiger partial charge >= 0.3 is 7.60 Å². The molecule has 0 bridgehead atoms. The minimum atomic E-state index is -3.17. The molecule has 23 heavy (non-hydrogen) atoms. The molecule has 0 saturated heterocycles. The van der Waals surface area contributed by atoms with Crippen LogP contribution in [0, 0.1) is 0 Å². The van der Waals surface area contributed by atoms with E-state index in [1.54, 1.807) is 5.82 Å². The molecule has 0 saturated carbocycles. The Morgan fingerprint density at radius 3 is 1.96 bits per heavy atom. The third kappa shape index (κ3) is 6.11. The lowest BCUT2D eigenvalue weighted by molar-refractivity contribution is 0.228. The second-order valence-corrected chi connectivity index (χ2v) is 7.51. The number of anilines is 1. The van der Waals surface area contributed by atoms with Crippen LogP contribution in [0.15, 0.2) is 36.2 Å². The number of hydrogen-bond donors (Lipinski definition) is 0. The Morgan fingerprint density at radius 1 is 1.04 bits per heavy atom. The zero-order valence-electron chi connectivity index (χ0n) is 15.0. The molecule has 0 fully saturated rings. The lowest BCUT2D eigenvalue weighted by Crippen LogP contribution is -2.18. The quantitative estimate of drug-likeness (QED) is 0.632. The van der Waals surface area contributed by atoms with Crippen molar-refractivity contribution in [3.05, 3.63) is 41.7 Å². The maximum atomic E-state index is 12.6. The van der Waals surface area contributed by atoms with Gasteiger partial charge in [-0.3, -0.25) is 9.46 Å². The van der Waals surface area contributed by atoms with E-state index in [0.29, 0.717) is 13.2 Å². The normalized spacial score (nSPS) is 13.7. The first kappa shape index (κ1) is 19.9. The van der Waals surface area contributed by atoms with Crippen molar-refractivity contribution in [2.75, 3.05) is 46.3 Å². The summed E-state index contributed by atoms with van der Waals surface area (Å²) in [5.41, 5.74) is 2.26. The summed E-state index contributed by atoms with van der Waals surface area (Å²) in [6, 6.07) is 8.31. The molecular weight excluding hydrogens is 311 g/mol. The Bertz CT molecular complexity index is 531. The molecule has 5 nitrogen and oxygen atoms in total. The molecule has 0 aromatic heterocycles. The number of rotatable bonds is 9. The van der Waals surface area contributed by atoms with Crippen molar-refractivity contribution in [2.45, 2.75) is 19.9 Å². The molecule has 1 atom stereocenters. The van der Waals surface area contributed by atoms with Crippen LogP contribution >= 0.6 is 7.60 Å². The molecular formula is C17H29N2O3P. The molecule has 0 aliphatic heterocycles. The van der Waals surface area contributed by atoms with Gasteiger partial charge < -0.3 is 13.9 Å². The summed E-state index contributed by atoms with van der Waals surface area (Å²) in [6.07, 6.45) is 1.89. The molecule has 1 unspecified atom stereocenters. The topological polar surface area (TPSA) is 42.0 Å². The highest BCUT2D eigenvalue weighted by Gasteiger charge is 2.21. The second-order valence-electron chi connectivity index (χ2n) is 5.61. The highest BCUT2D eigenvalue weighted by molar-refractivity contribution is 7.57. The minimum absolute atomic E-state index is 0.000416. The van der Waals surface area contributed by atoms with E-state index in [1.807, 2.05) is 48.1 Å². The molecule has 1 aromatic rings. The van der Waals surface area contributed by atoms with Crippen molar-refractivity contribution >= 4 is 13.3 Å². The summed E-state index contributed by atoms with van der Waals surface area (Å²) in [6.45, 7) is 4.32. The van der Waals surface area contributed by atoms with E-state index >= 15 is 0 Å². The molecule has 0 radical (unpaired) electrons. The third-order valence-corrected chi connectivity index (χ3v) is 5.15. The van der Waals surface area contributed by atoms with Gasteiger partial charge in [0.15, 0.2) is 0 Å². The fourth-order valence-corrected chi connectivity index (χ4v) is 3.56. The van der Waals surface area contributed by atoms with Gasteiger partial charge in [-0.2, -0.15) is 0 Å². The van der Waals surface area contributed by atoms with Crippen molar-refractivity contribution in [1.82, 2.24) is 4.90 Å². The highest BCUT2D eigenvalue weighted by atomic mass is 31.2. The molecule has 1 rings (SSSR count). The van der Waals surface area contributed by atoms with Gasteiger partial charge in [-0.25, -0.2) is 0 Å². The fourth-order valence-electron chi connectivity index (χ4n) is 2.22. The van der Waals surface area contributed by atoms with Crippen molar-refractivity contribution in [3.63, 3.8) is 0 Å². The van der Waals surface area contributed by atoms with Crippen LogP contribution < -0.4 is 4.90 Å². The van der Waals surface area contributed by atoms with Crippen LogP contribution in [0.4, 0.5) is 5.69 Å². The average molecular weight is 340 g/mol. The van der Waals surface area contributed by atoms with E-state index in [4.69, 9.17) is 9.05 Å². The van der Waals surface area contributed by atoms with Crippen molar-refractivity contribution in [3.8, 4) is 0 Å². The molecule has 0 aliphatic carbocycles. The van der Waals surface area contributed by atoms with E-state index in [0.717, 1.165) is 11.3 Å². The van der Waals surface area contributed by atoms with Crippen molar-refractivity contribution in [2.24, 2.45) is 0 Å². The Hall–Kier alpha value is -1.13. The SMILES string of the molecule is CCOP(=O)(/C=C/C(c1ccc(N(C)C)cc1)N(C)C)OCC. The molecule has 1 aromatic carbocycles. The predicted molar refractivity (Wildman–Crippen MR) is 97.2 cm³/mol. The largest absolute Gasteiger partial charge is 0.378 e. The fraction of sp³-hybridized carbons (Fsp3) is 0.529. The van der Waals surface area contributed by atoms with E-state index < -0.39 is 7.60 Å². The first-order valence-corrected chi connectivity index (χ1v) is 9.46. The van der Waals surface area contributed by atoms with Crippen LogP contribution in [0.1, 0.15) is 25.5 Å². The van der Waals surface area contributed by atoms with Gasteiger partial charge in [0.1, 0.15) is 0 Å². The van der Waals surface area contributed by atoms with Crippen LogP contribution in [0.25, 0.3) is 0 Å². The van der Waals surface area contributed by atoms with Gasteiger partial charge in [-0.05, 0) is 45.6 Å². The maximum Gasteiger partial charge on any atom is 0.353 e. The summed E-state index contributed by atoms with van der Waals surface area (Å²) in [7, 11) is 4.83. The van der Waals surface area contributed by atoms with Crippen LogP contribution in [-0.4, -0.2) is 46.3 Å². The molecule has 130 valence electrons. The van der Waals surface area contributed by atoms with Gasteiger partial charge in [0.2, 0.25) is 0 Å². The molecule has 6 heteroatoms. The van der Waals surface area contributed by atoms with Gasteiger partial charge in [0.25, 0.3) is 0 Å². The molecule has 0 N–H and O–H groups in total. The Balaban J connectivity index is 3.02. The van der Waals surface area contributed by atoms with E-state index in [2.05, 4.69) is 34.1 Å². The summed E-state index contributed by atoms with van der Waals surface area (Å²) in [5.74, 6) is 1.57. The Morgan fingerprint density at radius 2 is 1.57 bits per heavy atom. The maximum absolute atomic E-state index is 12.6. The van der Waals surface area contributed by atoms with Crippen LogP contribution in [0.3, 0.4) is 0 Å². The standard InChI is InChI=1S/C17H29N2O3P/c1-7-21-23(20,22-8-2)14-13-17(19(5)6)15-9-11-16(12-10-15)18(3)4/h9-14,17H,7-8H2,1-6H3/b14-13+. The van der Waals surface area contributed by atoms with E-state index in [-0.39, 0.29) is 6.04 Å². The molecule has 0 amide bonds. The number of benzene rings is 1. The average Bonchev–Trinajstić information content (AvgIpc) is 2.48. The smallest absolute Gasteiger partial charge is 0.353 e. The summed E-state index contributed by atoms with van der Waals surface area (Å²) in [4.78, 5) is 4.12. The lowest BCUT2D eigenvalue weighted by atomic mass is 10.1. The predicted octanol–water partition coefficient (Wildman–Crippen LogP) is 4.14. The Labute approximate surface area is 140 Å². The first-order valence-electron chi connectivity index (χ1n) is 7.84. The van der Waals surface area contributed by atoms with Crippen molar-refractivity contribution in [1.29, 1.82) is 0 Å². The molecule has 0 heterocycles. The monoisotopic (exact) mass is 340 g/mol. The van der Waals surface area contributed by atoms with E-state index in [1.165, 1.54) is 0 Å². The third-order valence-electron chi connectivity index (χ3n) is 3.38. The summed E-state index contributed by atoms with van der Waals surface area (Å²) < 4.78 is 23.2.